The predicted molar refractivity (Wildman–Crippen MR) is 78.2 cm³/mol. The zero-order valence-electron chi connectivity index (χ0n) is 11.4. The first-order valence-electron chi connectivity index (χ1n) is 6.43. The fourth-order valence-corrected chi connectivity index (χ4v) is 2.52. The number of fused-ring (bicyclic) bond motifs is 3. The number of benzene rings is 1. The molecule has 0 saturated heterocycles. The molecule has 8 nitrogen and oxygen atoms in total. The molecular weight excluding hydrogens is 292 g/mol. The monoisotopic (exact) mass is 302 g/mol. The third-order valence-electron chi connectivity index (χ3n) is 3.47. The Bertz CT molecular complexity index is 1050. The van der Waals surface area contributed by atoms with Crippen LogP contribution in [0.25, 0.3) is 21.9 Å². The Labute approximate surface area is 122 Å². The molecule has 0 aliphatic rings. The molecule has 0 atom stereocenters. The summed E-state index contributed by atoms with van der Waals surface area (Å²) in [7, 11) is 0. The molecule has 0 unspecified atom stereocenters. The van der Waals surface area contributed by atoms with Crippen LogP contribution in [0, 0.1) is 10.1 Å². The summed E-state index contributed by atoms with van der Waals surface area (Å²) in [5.41, 5.74) is -2.73. The maximum Gasteiger partial charge on any atom is 0.419 e. The van der Waals surface area contributed by atoms with E-state index in [1.165, 1.54) is 4.57 Å². The molecule has 0 aliphatic heterocycles. The van der Waals surface area contributed by atoms with Crippen molar-refractivity contribution in [2.45, 2.75) is 13.5 Å². The molecule has 0 spiro atoms. The van der Waals surface area contributed by atoms with Gasteiger partial charge in [0.15, 0.2) is 5.58 Å². The van der Waals surface area contributed by atoms with Gasteiger partial charge < -0.3 is 14.1 Å². The molecule has 8 heteroatoms. The van der Waals surface area contributed by atoms with E-state index in [-0.39, 0.29) is 11.0 Å². The topological polar surface area (TPSA) is 116 Å². The van der Waals surface area contributed by atoms with Crippen molar-refractivity contribution in [2.75, 3.05) is 0 Å². The minimum absolute atomic E-state index is 0.154. The number of hydrogen-bond donors (Lipinski definition) is 1. The maximum absolute atomic E-state index is 12.5. The molecule has 1 aromatic carbocycles. The smallest absolute Gasteiger partial charge is 0.419 e. The van der Waals surface area contributed by atoms with Crippen molar-refractivity contribution in [1.82, 2.24) is 4.57 Å². The molecule has 0 bridgehead atoms. The van der Waals surface area contributed by atoms with Gasteiger partial charge in [0.1, 0.15) is 5.39 Å². The fourth-order valence-electron chi connectivity index (χ4n) is 2.52. The van der Waals surface area contributed by atoms with Crippen LogP contribution in [0.15, 0.2) is 38.3 Å². The number of rotatable bonds is 2. The average molecular weight is 302 g/mol. The lowest BCUT2D eigenvalue weighted by molar-refractivity contribution is -0.388. The van der Waals surface area contributed by atoms with Gasteiger partial charge in [0.25, 0.3) is 5.56 Å². The number of aromatic hydroxyl groups is 1. The molecule has 22 heavy (non-hydrogen) atoms. The lowest BCUT2D eigenvalue weighted by atomic mass is 10.1. The molecule has 0 fully saturated rings. The molecule has 0 amide bonds. The van der Waals surface area contributed by atoms with Gasteiger partial charge >= 0.3 is 11.3 Å². The van der Waals surface area contributed by atoms with Crippen molar-refractivity contribution in [1.29, 1.82) is 0 Å². The molecule has 0 radical (unpaired) electrons. The van der Waals surface area contributed by atoms with E-state index >= 15 is 0 Å². The number of para-hydroxylation sites is 1. The molecule has 0 saturated carbocycles. The Balaban J connectivity index is 2.72. The maximum atomic E-state index is 12.5. The molecule has 2 aromatic heterocycles. The van der Waals surface area contributed by atoms with Gasteiger partial charge in [0.05, 0.1) is 10.4 Å². The second kappa shape index (κ2) is 4.69. The van der Waals surface area contributed by atoms with Gasteiger partial charge in [-0.05, 0) is 19.1 Å². The molecule has 1 N–H and O–H groups in total. The third-order valence-corrected chi connectivity index (χ3v) is 3.47. The Kier molecular flexibility index (Phi) is 2.94. The highest BCUT2D eigenvalue weighted by Crippen LogP contribution is 2.32. The van der Waals surface area contributed by atoms with Crippen LogP contribution in [-0.4, -0.2) is 14.6 Å². The van der Waals surface area contributed by atoms with E-state index in [4.69, 9.17) is 4.42 Å². The Morgan fingerprint density at radius 3 is 2.64 bits per heavy atom. The average Bonchev–Trinajstić information content (AvgIpc) is 2.47. The first-order valence-corrected chi connectivity index (χ1v) is 6.43. The van der Waals surface area contributed by atoms with Crippen molar-refractivity contribution >= 4 is 27.6 Å². The third kappa shape index (κ3) is 1.70. The first kappa shape index (κ1) is 13.8. The standard InChI is InChI=1S/C14H10N2O6/c1-2-15-8-6-4-3-5-7(8)12-9(13(15)18)11(17)10(16(20)21)14(19)22-12/h3-6,17H,2H2,1H3. The fraction of sp³-hybridized carbons (Fsp3) is 0.143. The van der Waals surface area contributed by atoms with E-state index < -0.39 is 27.5 Å². The number of aromatic nitrogens is 1. The number of nitro groups is 1. The number of nitrogens with zero attached hydrogens (tertiary/aromatic N) is 2. The molecule has 2 heterocycles. The van der Waals surface area contributed by atoms with Crippen LogP contribution in [0.4, 0.5) is 5.69 Å². The molecule has 3 aromatic rings. The van der Waals surface area contributed by atoms with Crippen molar-refractivity contribution in [2.24, 2.45) is 0 Å². The number of aryl methyl sites for hydroxylation is 1. The Morgan fingerprint density at radius 1 is 1.32 bits per heavy atom. The van der Waals surface area contributed by atoms with Gasteiger partial charge in [-0.25, -0.2) is 4.79 Å². The highest BCUT2D eigenvalue weighted by Gasteiger charge is 2.28. The van der Waals surface area contributed by atoms with E-state index in [2.05, 4.69) is 0 Å². The van der Waals surface area contributed by atoms with Gasteiger partial charge in [-0.15, -0.1) is 0 Å². The van der Waals surface area contributed by atoms with Crippen molar-refractivity contribution < 1.29 is 14.4 Å². The summed E-state index contributed by atoms with van der Waals surface area (Å²) < 4.78 is 6.31. The largest absolute Gasteiger partial charge is 0.501 e. The van der Waals surface area contributed by atoms with E-state index in [1.807, 2.05) is 0 Å². The first-order chi connectivity index (χ1) is 10.5. The van der Waals surface area contributed by atoms with Crippen LogP contribution < -0.4 is 11.2 Å². The summed E-state index contributed by atoms with van der Waals surface area (Å²) in [6.07, 6.45) is 0. The molecular formula is C14H10N2O6. The number of pyridine rings is 1. The summed E-state index contributed by atoms with van der Waals surface area (Å²) in [4.78, 5) is 34.1. The van der Waals surface area contributed by atoms with Gasteiger partial charge in [-0.2, -0.15) is 0 Å². The minimum atomic E-state index is -1.30. The predicted octanol–water partition coefficient (Wildman–Crippen LogP) is 1.74. The van der Waals surface area contributed by atoms with Crippen LogP contribution >= 0.6 is 0 Å². The zero-order chi connectivity index (χ0) is 16.0. The molecule has 3 rings (SSSR count). The SMILES string of the molecule is CCn1c(=O)c2c(O)c([N+](=O)[O-])c(=O)oc2c2ccccc21. The lowest BCUT2D eigenvalue weighted by Crippen LogP contribution is -2.21. The zero-order valence-corrected chi connectivity index (χ0v) is 11.4. The van der Waals surface area contributed by atoms with E-state index in [0.29, 0.717) is 17.4 Å². The van der Waals surface area contributed by atoms with E-state index in [0.717, 1.165) is 0 Å². The minimum Gasteiger partial charge on any atom is -0.501 e. The molecule has 112 valence electrons. The van der Waals surface area contributed by atoms with Crippen molar-refractivity contribution in [3.05, 3.63) is 55.2 Å². The number of hydrogen-bond acceptors (Lipinski definition) is 6. The summed E-state index contributed by atoms with van der Waals surface area (Å²) >= 11 is 0. The van der Waals surface area contributed by atoms with Gasteiger partial charge in [0.2, 0.25) is 5.75 Å². The second-order valence-electron chi connectivity index (χ2n) is 4.61. The van der Waals surface area contributed by atoms with Crippen LogP contribution in [0.5, 0.6) is 5.75 Å². The highest BCUT2D eigenvalue weighted by atomic mass is 16.6. The van der Waals surface area contributed by atoms with Crippen molar-refractivity contribution in [3.8, 4) is 5.75 Å². The summed E-state index contributed by atoms with van der Waals surface area (Å²) in [6, 6.07) is 6.66. The Morgan fingerprint density at radius 2 is 2.00 bits per heavy atom. The van der Waals surface area contributed by atoms with E-state index in [9.17, 15) is 24.8 Å². The van der Waals surface area contributed by atoms with Crippen LogP contribution in [0.2, 0.25) is 0 Å². The van der Waals surface area contributed by atoms with Crippen LogP contribution in [0.1, 0.15) is 6.92 Å². The van der Waals surface area contributed by atoms with Gasteiger partial charge in [-0.3, -0.25) is 14.9 Å². The summed E-state index contributed by atoms with van der Waals surface area (Å²) in [5.74, 6) is -0.964. The van der Waals surface area contributed by atoms with Gasteiger partial charge in [0, 0.05) is 11.9 Å². The summed E-state index contributed by atoms with van der Waals surface area (Å²) in [6.45, 7) is 2.02. The van der Waals surface area contributed by atoms with E-state index in [1.54, 1.807) is 31.2 Å². The van der Waals surface area contributed by atoms with Crippen molar-refractivity contribution in [3.63, 3.8) is 0 Å². The Hall–Kier alpha value is -3.16. The normalized spacial score (nSPS) is 11.1. The van der Waals surface area contributed by atoms with Gasteiger partial charge in [-0.1, -0.05) is 12.1 Å². The molecule has 0 aliphatic carbocycles. The highest BCUT2D eigenvalue weighted by molar-refractivity contribution is 6.04. The van der Waals surface area contributed by atoms with Crippen LogP contribution in [-0.2, 0) is 6.54 Å². The quantitative estimate of drug-likeness (QED) is 0.438. The second-order valence-corrected chi connectivity index (χ2v) is 4.61. The summed E-state index contributed by atoms with van der Waals surface area (Å²) in [5, 5.41) is 21.0. The van der Waals surface area contributed by atoms with Crippen LogP contribution in [0.3, 0.4) is 0 Å². The lowest BCUT2D eigenvalue weighted by Gasteiger charge is -2.10.